The fourth-order valence-electron chi connectivity index (χ4n) is 7.58. The Balaban J connectivity index is 1.64. The van der Waals surface area contributed by atoms with Crippen LogP contribution >= 0.6 is 0 Å². The Hall–Kier alpha value is -8.32. The molecular weight excluding hydrogens is 723 g/mol. The van der Waals surface area contributed by atoms with E-state index < -0.39 is 37.3 Å². The highest BCUT2D eigenvalue weighted by Crippen LogP contribution is 2.48. The molecule has 7 aromatic rings. The summed E-state index contributed by atoms with van der Waals surface area (Å²) in [5.74, 6) is 0. The molecule has 13 heteroatoms. The lowest BCUT2D eigenvalue weighted by Gasteiger charge is -2.07. The average molecular weight is 750 g/mol. The van der Waals surface area contributed by atoms with Gasteiger partial charge in [-0.1, -0.05) is 121 Å². The van der Waals surface area contributed by atoms with Gasteiger partial charge in [0, 0.05) is 33.3 Å². The van der Waals surface area contributed by atoms with Crippen molar-refractivity contribution in [3.63, 3.8) is 0 Å². The summed E-state index contributed by atoms with van der Waals surface area (Å²) in [6, 6.07) is 39.6. The number of hydrogen-bond acceptors (Lipinski definition) is 8. The highest BCUT2D eigenvalue weighted by molar-refractivity contribution is 6.07. The molecule has 2 aliphatic rings. The summed E-state index contributed by atoms with van der Waals surface area (Å²) in [6.07, 6.45) is 6.69. The third-order valence-corrected chi connectivity index (χ3v) is 9.88. The third kappa shape index (κ3) is 5.83. The zero-order chi connectivity index (χ0) is 39.2. The number of nitrogens with zero attached hydrogens (tertiary/aromatic N) is 6. The number of rotatable bonds is 7. The first kappa shape index (κ1) is 34.4. The van der Waals surface area contributed by atoms with Gasteiger partial charge in [-0.25, -0.2) is 20.1 Å². The number of aromatic nitrogens is 4. The van der Waals surface area contributed by atoms with E-state index in [2.05, 4.69) is 4.98 Å². The first-order valence-corrected chi connectivity index (χ1v) is 17.7. The minimum absolute atomic E-state index is 0.0467. The second kappa shape index (κ2) is 13.8. The molecule has 0 amide bonds. The zero-order valence-electron chi connectivity index (χ0n) is 29.6. The second-order valence-electron chi connectivity index (χ2n) is 13.1. The van der Waals surface area contributed by atoms with Crippen molar-refractivity contribution in [2.75, 3.05) is 0 Å². The molecule has 2 aliphatic heterocycles. The predicted molar refractivity (Wildman–Crippen MR) is 220 cm³/mol. The molecule has 8 bridgehead atoms. The van der Waals surface area contributed by atoms with Crippen LogP contribution in [-0.4, -0.2) is 34.5 Å². The molecule has 0 atom stereocenters. The molecule has 57 heavy (non-hydrogen) atoms. The van der Waals surface area contributed by atoms with Crippen LogP contribution in [0.3, 0.4) is 0 Å². The van der Waals surface area contributed by atoms with Crippen LogP contribution in [0.15, 0.2) is 133 Å². The Morgan fingerprint density at radius 1 is 0.421 bits per heavy atom. The lowest BCUT2D eigenvalue weighted by atomic mass is 10.0. The lowest BCUT2D eigenvalue weighted by molar-refractivity contribution is -0.534. The maximum Gasteiger partial charge on any atom is 0.378 e. The maximum absolute atomic E-state index is 13.6. The van der Waals surface area contributed by atoms with Gasteiger partial charge in [0.15, 0.2) is 5.03 Å². The average Bonchev–Trinajstić information content (AvgIpc) is 4.05. The molecule has 5 heterocycles. The molecule has 9 rings (SSSR count). The molecule has 3 aromatic heterocycles. The Labute approximate surface area is 322 Å². The van der Waals surface area contributed by atoms with E-state index >= 15 is 0 Å². The minimum atomic E-state index is -1.06. The van der Waals surface area contributed by atoms with Gasteiger partial charge in [0.2, 0.25) is 11.0 Å². The third-order valence-electron chi connectivity index (χ3n) is 9.88. The van der Waals surface area contributed by atoms with Gasteiger partial charge in [-0.15, -0.1) is 0 Å². The first-order valence-electron chi connectivity index (χ1n) is 17.7. The van der Waals surface area contributed by atoms with Crippen LogP contribution in [0.4, 0.5) is 11.4 Å². The van der Waals surface area contributed by atoms with Gasteiger partial charge >= 0.3 is 11.4 Å². The quantitative estimate of drug-likeness (QED) is 0.124. The van der Waals surface area contributed by atoms with E-state index in [-0.39, 0.29) is 22.5 Å². The molecular formula is C44H27N7O6. The van der Waals surface area contributed by atoms with Crippen LogP contribution < -0.4 is 0 Å². The minimum Gasteiger partial charge on any atom is -0.354 e. The molecule has 0 fully saturated rings. The van der Waals surface area contributed by atoms with Crippen molar-refractivity contribution in [3.05, 3.63) is 187 Å². The molecule has 13 nitrogen and oxygen atoms in total. The van der Waals surface area contributed by atoms with E-state index in [9.17, 15) is 30.3 Å². The summed E-state index contributed by atoms with van der Waals surface area (Å²) in [5, 5.41) is 39.2. The summed E-state index contributed by atoms with van der Waals surface area (Å²) >= 11 is 0. The van der Waals surface area contributed by atoms with Crippen molar-refractivity contribution >= 4 is 57.7 Å². The molecule has 0 saturated carbocycles. The summed E-state index contributed by atoms with van der Waals surface area (Å²) < 4.78 is 0.454. The topological polar surface area (TPSA) is 176 Å². The summed E-state index contributed by atoms with van der Waals surface area (Å²) in [7, 11) is 0. The Bertz CT molecular complexity index is 2830. The van der Waals surface area contributed by atoms with Gasteiger partial charge in [0.1, 0.15) is 0 Å². The van der Waals surface area contributed by atoms with E-state index in [1.807, 2.05) is 72.8 Å². The van der Waals surface area contributed by atoms with Crippen LogP contribution in [0.25, 0.3) is 90.9 Å². The van der Waals surface area contributed by atoms with Gasteiger partial charge in [0.05, 0.1) is 32.6 Å². The molecule has 0 saturated heterocycles. The van der Waals surface area contributed by atoms with Crippen molar-refractivity contribution < 1.29 is 14.9 Å². The molecule has 1 N–H and O–H groups in total. The van der Waals surface area contributed by atoms with E-state index in [1.165, 1.54) is 0 Å². The largest absolute Gasteiger partial charge is 0.378 e. The van der Waals surface area contributed by atoms with E-state index in [1.54, 1.807) is 85.0 Å². The number of H-pyrrole nitrogens is 1. The number of aromatic amines is 1. The smallest absolute Gasteiger partial charge is 0.354 e. The Morgan fingerprint density at radius 2 is 0.719 bits per heavy atom. The van der Waals surface area contributed by atoms with Crippen molar-refractivity contribution in [1.82, 2.24) is 19.6 Å². The highest BCUT2D eigenvalue weighted by Gasteiger charge is 2.43. The summed E-state index contributed by atoms with van der Waals surface area (Å²) in [5.41, 5.74) is 2.70. The molecule has 0 radical (unpaired) electrons. The van der Waals surface area contributed by atoms with Crippen LogP contribution in [0.2, 0.25) is 0 Å². The zero-order valence-corrected chi connectivity index (χ0v) is 29.6. The van der Waals surface area contributed by atoms with Crippen molar-refractivity contribution in [2.45, 2.75) is 0 Å². The number of fused-ring (bicyclic) bond motifs is 8. The standard InChI is InChI=1S/C44H27N7O6/c52-49(53)43-41-39(29-17-9-3-10-18-29)35-25-23-33(46-35)37(27-13-5-1-6-14-27)31-21-22-32(45-31)38(28-15-7-2-8-16-28)34-24-26-36(47-34)40(30-19-11-4-12-20-30)42(44(43)50(54)55)48(41)51(56)57/h1-26,45H. The van der Waals surface area contributed by atoms with Gasteiger partial charge in [0.25, 0.3) is 0 Å². The van der Waals surface area contributed by atoms with Gasteiger partial charge < -0.3 is 4.98 Å². The van der Waals surface area contributed by atoms with Crippen molar-refractivity contribution in [3.8, 4) is 44.5 Å². The SMILES string of the molecule is O=[N+]([O-])c1c([N+](=O)[O-])c2c(-c3ccccc3)c3nc(c(-c4ccccc4)c4ccc([nH]4)c(-c4ccccc4)c4nc(c(-c5ccccc5)c1n2[N+](=O)[O-])C=C4)C=C3. The van der Waals surface area contributed by atoms with Crippen LogP contribution in [0, 0.1) is 30.3 Å². The molecule has 274 valence electrons. The Kier molecular flexibility index (Phi) is 8.36. The molecule has 0 aliphatic carbocycles. The fourth-order valence-corrected chi connectivity index (χ4v) is 7.58. The summed E-state index contributed by atoms with van der Waals surface area (Å²) in [4.78, 5) is 51.9. The van der Waals surface area contributed by atoms with E-state index in [4.69, 9.17) is 9.97 Å². The van der Waals surface area contributed by atoms with Crippen LogP contribution in [0.5, 0.6) is 0 Å². The fraction of sp³-hybridized carbons (Fsp3) is 0. The van der Waals surface area contributed by atoms with E-state index in [0.29, 0.717) is 49.4 Å². The predicted octanol–water partition coefficient (Wildman–Crippen LogP) is 10.7. The second-order valence-corrected chi connectivity index (χ2v) is 13.1. The lowest BCUT2D eigenvalue weighted by Crippen LogP contribution is -2.10. The van der Waals surface area contributed by atoms with Gasteiger partial charge in [-0.3, -0.25) is 20.2 Å². The number of nitrogens with one attached hydrogen (secondary N) is 1. The normalized spacial score (nSPS) is 11.8. The molecule has 0 unspecified atom stereocenters. The van der Waals surface area contributed by atoms with Crippen molar-refractivity contribution in [1.29, 1.82) is 0 Å². The number of nitro groups is 3. The monoisotopic (exact) mass is 749 g/mol. The van der Waals surface area contributed by atoms with E-state index in [0.717, 1.165) is 11.1 Å². The number of hydrogen-bond donors (Lipinski definition) is 1. The molecule has 4 aromatic carbocycles. The van der Waals surface area contributed by atoms with Crippen molar-refractivity contribution in [2.24, 2.45) is 0 Å². The van der Waals surface area contributed by atoms with Gasteiger partial charge in [-0.05, 0) is 63.4 Å². The summed E-state index contributed by atoms with van der Waals surface area (Å²) in [6.45, 7) is 0. The van der Waals surface area contributed by atoms with Crippen LogP contribution in [-0.2, 0) is 0 Å². The van der Waals surface area contributed by atoms with Crippen LogP contribution in [0.1, 0.15) is 22.8 Å². The maximum atomic E-state index is 13.6. The Morgan fingerprint density at radius 3 is 1.02 bits per heavy atom. The number of benzene rings is 4. The first-order chi connectivity index (χ1) is 27.8. The van der Waals surface area contributed by atoms with Gasteiger partial charge in [-0.2, -0.15) is 0 Å². The highest BCUT2D eigenvalue weighted by atomic mass is 16.7. The molecule has 0 spiro atoms.